The Morgan fingerprint density at radius 1 is 0.600 bits per heavy atom. The number of hydrogen-bond donors (Lipinski definition) is 0. The normalized spacial score (nSPS) is 13.0. The predicted octanol–water partition coefficient (Wildman–Crippen LogP) is 13.0. The molecule has 0 aromatic rings. The summed E-state index contributed by atoms with van der Waals surface area (Å²) < 4.78 is 11.0. The highest BCUT2D eigenvalue weighted by Gasteiger charge is 2.13. The molecule has 3 atom stereocenters. The van der Waals surface area contributed by atoms with Gasteiger partial charge in [-0.15, -0.1) is 0 Å². The summed E-state index contributed by atoms with van der Waals surface area (Å²) in [6.45, 7) is 19.5. The van der Waals surface area contributed by atoms with Gasteiger partial charge in [0.2, 0.25) is 0 Å². The standard InChI is InChI=1S/C45H83NO4/c1-7-12-29-41(6)36-38-49-44(47)34-27-23-19-15-17-21-25-32-43(40-46(10-4)11-5)33-26-22-18-16-20-24-28-35-45(48)50-39-37-42(30-13-8-2)31-14-9-3/h30,41-43H,2,7,9-12,14-29,31-40H2,1,3-6H3. The Kier molecular flexibility index (Phi) is 35.6. The van der Waals surface area contributed by atoms with Crippen LogP contribution in [0.1, 0.15) is 202 Å². The van der Waals surface area contributed by atoms with Crippen LogP contribution < -0.4 is 0 Å². The number of esters is 2. The van der Waals surface area contributed by atoms with Gasteiger partial charge < -0.3 is 14.4 Å². The third-order valence-electron chi connectivity index (χ3n) is 10.4. The third kappa shape index (κ3) is 32.1. The molecule has 0 fully saturated rings. The van der Waals surface area contributed by atoms with Gasteiger partial charge in [0.05, 0.1) is 13.2 Å². The Balaban J connectivity index is 3.96. The second kappa shape index (κ2) is 37.0. The first kappa shape index (κ1) is 48.2. The molecule has 0 aromatic heterocycles. The first-order valence-electron chi connectivity index (χ1n) is 21.5. The van der Waals surface area contributed by atoms with Gasteiger partial charge in [0.25, 0.3) is 0 Å². The van der Waals surface area contributed by atoms with Gasteiger partial charge in [-0.25, -0.2) is 0 Å². The first-order chi connectivity index (χ1) is 24.4. The maximum atomic E-state index is 12.2. The van der Waals surface area contributed by atoms with Crippen molar-refractivity contribution in [1.82, 2.24) is 4.90 Å². The lowest BCUT2D eigenvalue weighted by atomic mass is 9.93. The Morgan fingerprint density at radius 3 is 1.54 bits per heavy atom. The van der Waals surface area contributed by atoms with Crippen molar-refractivity contribution >= 4 is 11.9 Å². The van der Waals surface area contributed by atoms with Gasteiger partial charge in [-0.1, -0.05) is 155 Å². The van der Waals surface area contributed by atoms with Gasteiger partial charge in [0, 0.05) is 19.4 Å². The van der Waals surface area contributed by atoms with Crippen molar-refractivity contribution in [2.24, 2.45) is 17.8 Å². The summed E-state index contributed by atoms with van der Waals surface area (Å²) >= 11 is 0. The Labute approximate surface area is 311 Å². The number of nitrogens with zero attached hydrogens (tertiary/aromatic N) is 1. The molecule has 0 aliphatic rings. The molecule has 50 heavy (non-hydrogen) atoms. The van der Waals surface area contributed by atoms with E-state index in [0.29, 0.717) is 37.9 Å². The van der Waals surface area contributed by atoms with Crippen molar-refractivity contribution in [3.8, 4) is 0 Å². The van der Waals surface area contributed by atoms with E-state index in [1.807, 2.05) is 6.08 Å². The van der Waals surface area contributed by atoms with Gasteiger partial charge in [-0.3, -0.25) is 9.59 Å². The molecule has 0 N–H and O–H groups in total. The molecule has 3 unspecified atom stereocenters. The smallest absolute Gasteiger partial charge is 0.305 e. The zero-order valence-electron chi connectivity index (χ0n) is 34.0. The molecule has 5 heteroatoms. The van der Waals surface area contributed by atoms with Gasteiger partial charge in [-0.05, 0) is 88.4 Å². The van der Waals surface area contributed by atoms with Crippen LogP contribution in [0.3, 0.4) is 0 Å². The van der Waals surface area contributed by atoms with Gasteiger partial charge >= 0.3 is 11.9 Å². The number of allylic oxidation sites excluding steroid dienone is 1. The van der Waals surface area contributed by atoms with Gasteiger partial charge in [-0.2, -0.15) is 0 Å². The van der Waals surface area contributed by atoms with Crippen molar-refractivity contribution in [2.75, 3.05) is 32.8 Å². The summed E-state index contributed by atoms with van der Waals surface area (Å²) in [6, 6.07) is 0. The molecular formula is C45H83NO4. The van der Waals surface area contributed by atoms with Crippen molar-refractivity contribution < 1.29 is 19.1 Å². The number of unbranched alkanes of at least 4 members (excludes halogenated alkanes) is 14. The van der Waals surface area contributed by atoms with E-state index in [0.717, 1.165) is 64.0 Å². The molecular weight excluding hydrogens is 618 g/mol. The second-order valence-electron chi connectivity index (χ2n) is 15.0. The molecule has 0 heterocycles. The van der Waals surface area contributed by atoms with E-state index in [9.17, 15) is 9.59 Å². The van der Waals surface area contributed by atoms with Crippen LogP contribution in [0.5, 0.6) is 0 Å². The molecule has 0 spiro atoms. The highest BCUT2D eigenvalue weighted by molar-refractivity contribution is 5.69. The Hall–Kier alpha value is -1.80. The van der Waals surface area contributed by atoms with Crippen LogP contribution in [0.15, 0.2) is 24.1 Å². The summed E-state index contributed by atoms with van der Waals surface area (Å²) in [7, 11) is 0. The molecule has 0 radical (unpaired) electrons. The van der Waals surface area contributed by atoms with Crippen LogP contribution in [0, 0.1) is 17.8 Å². The fourth-order valence-corrected chi connectivity index (χ4v) is 6.84. The maximum absolute atomic E-state index is 12.2. The van der Waals surface area contributed by atoms with Crippen molar-refractivity contribution in [2.45, 2.75) is 202 Å². The van der Waals surface area contributed by atoms with E-state index in [4.69, 9.17) is 9.47 Å². The summed E-state index contributed by atoms with van der Waals surface area (Å²) in [4.78, 5) is 26.8. The number of hydrogen-bond acceptors (Lipinski definition) is 5. The number of carbonyl (C=O) groups is 2. The van der Waals surface area contributed by atoms with Crippen LogP contribution in [-0.2, 0) is 19.1 Å². The molecule has 0 saturated carbocycles. The largest absolute Gasteiger partial charge is 0.466 e. The Bertz CT molecular complexity index is 855. The highest BCUT2D eigenvalue weighted by atomic mass is 16.5. The van der Waals surface area contributed by atoms with E-state index >= 15 is 0 Å². The lowest BCUT2D eigenvalue weighted by Crippen LogP contribution is -2.29. The number of carbonyl (C=O) groups excluding carboxylic acids is 2. The van der Waals surface area contributed by atoms with Crippen molar-refractivity contribution in [3.63, 3.8) is 0 Å². The molecule has 0 saturated heterocycles. The fourth-order valence-electron chi connectivity index (χ4n) is 6.84. The number of rotatable bonds is 37. The predicted molar refractivity (Wildman–Crippen MR) is 214 cm³/mol. The van der Waals surface area contributed by atoms with Gasteiger partial charge in [0.15, 0.2) is 0 Å². The average Bonchev–Trinajstić information content (AvgIpc) is 3.11. The molecule has 0 bridgehead atoms. The van der Waals surface area contributed by atoms with Crippen molar-refractivity contribution in [1.29, 1.82) is 0 Å². The maximum Gasteiger partial charge on any atom is 0.305 e. The van der Waals surface area contributed by atoms with Crippen molar-refractivity contribution in [3.05, 3.63) is 24.1 Å². The van der Waals surface area contributed by atoms with Crippen LogP contribution in [0.4, 0.5) is 0 Å². The van der Waals surface area contributed by atoms with E-state index in [2.05, 4.69) is 57.6 Å². The third-order valence-corrected chi connectivity index (χ3v) is 10.4. The minimum atomic E-state index is -0.0472. The van der Waals surface area contributed by atoms with Crippen LogP contribution in [0.25, 0.3) is 0 Å². The topological polar surface area (TPSA) is 55.8 Å². The zero-order chi connectivity index (χ0) is 36.9. The SMILES string of the molecule is C=C=C=CC(CCCC)CCOC(=O)CCCCCCCCCC(CCCCCCCCCC(=O)OCCC(C)CCCC)CN(CC)CC. The minimum absolute atomic E-state index is 0.00447. The molecule has 5 nitrogen and oxygen atoms in total. The van der Waals surface area contributed by atoms with Gasteiger partial charge in [0.1, 0.15) is 0 Å². The second-order valence-corrected chi connectivity index (χ2v) is 15.0. The summed E-state index contributed by atoms with van der Waals surface area (Å²) in [5.74, 6) is 1.81. The number of ether oxygens (including phenoxy) is 2. The monoisotopic (exact) mass is 702 g/mol. The molecule has 0 aromatic carbocycles. The quantitative estimate of drug-likeness (QED) is 0.0367. The van der Waals surface area contributed by atoms with E-state index in [-0.39, 0.29) is 11.9 Å². The molecule has 0 aliphatic carbocycles. The van der Waals surface area contributed by atoms with E-state index < -0.39 is 0 Å². The van der Waals surface area contributed by atoms with Crippen LogP contribution >= 0.6 is 0 Å². The Morgan fingerprint density at radius 2 is 1.06 bits per heavy atom. The first-order valence-corrected chi connectivity index (χ1v) is 21.5. The van der Waals surface area contributed by atoms with Crippen LogP contribution in [0.2, 0.25) is 0 Å². The summed E-state index contributed by atoms with van der Waals surface area (Å²) in [5, 5.41) is 0. The molecule has 292 valence electrons. The highest BCUT2D eigenvalue weighted by Crippen LogP contribution is 2.21. The molecule has 0 rings (SSSR count). The minimum Gasteiger partial charge on any atom is -0.466 e. The summed E-state index contributed by atoms with van der Waals surface area (Å²) in [5.41, 5.74) is 5.67. The summed E-state index contributed by atoms with van der Waals surface area (Å²) in [6.07, 6.45) is 32.1. The van der Waals surface area contributed by atoms with E-state index in [1.165, 1.54) is 116 Å². The molecule has 0 aliphatic heterocycles. The lowest BCUT2D eigenvalue weighted by molar-refractivity contribution is -0.145. The van der Waals surface area contributed by atoms with E-state index in [1.54, 1.807) is 0 Å². The average molecular weight is 702 g/mol. The lowest BCUT2D eigenvalue weighted by Gasteiger charge is -2.25. The zero-order valence-corrected chi connectivity index (χ0v) is 34.0. The molecule has 0 amide bonds. The van der Waals surface area contributed by atoms with Crippen LogP contribution in [-0.4, -0.2) is 49.7 Å². The fraction of sp³-hybridized carbons (Fsp3) is 0.867.